The molecule has 19 heavy (non-hydrogen) atoms. The molecule has 3 rings (SSSR count). The van der Waals surface area contributed by atoms with E-state index in [-0.39, 0.29) is 24.2 Å². The second kappa shape index (κ2) is 4.65. The first-order valence-corrected chi connectivity index (χ1v) is 6.09. The van der Waals surface area contributed by atoms with Crippen molar-refractivity contribution in [1.82, 2.24) is 4.98 Å². The maximum atomic E-state index is 12.4. The number of pyridine rings is 1. The Kier molecular flexibility index (Phi) is 2.83. The highest BCUT2D eigenvalue weighted by molar-refractivity contribution is 6.22. The molecule has 0 spiro atoms. The number of hydrogen-bond donors (Lipinski definition) is 0. The minimum atomic E-state index is -0.381. The molecule has 0 N–H and O–H groups in total. The van der Waals surface area contributed by atoms with E-state index in [1.807, 2.05) is 30.3 Å². The summed E-state index contributed by atoms with van der Waals surface area (Å²) >= 11 is 0. The molecular weight excluding hydrogens is 240 g/mol. The van der Waals surface area contributed by atoms with Crippen LogP contribution in [0.1, 0.15) is 17.9 Å². The van der Waals surface area contributed by atoms with Crippen LogP contribution in [0.3, 0.4) is 0 Å². The van der Waals surface area contributed by atoms with E-state index >= 15 is 0 Å². The van der Waals surface area contributed by atoms with Crippen molar-refractivity contribution in [1.29, 1.82) is 0 Å². The van der Waals surface area contributed by atoms with E-state index in [9.17, 15) is 9.59 Å². The summed E-state index contributed by atoms with van der Waals surface area (Å²) in [6.07, 6.45) is 3.37. The summed E-state index contributed by atoms with van der Waals surface area (Å²) in [7, 11) is 0. The number of imide groups is 1. The van der Waals surface area contributed by atoms with Gasteiger partial charge in [-0.05, 0) is 17.7 Å². The SMILES string of the molecule is O=C1C[C@@H](c2ccccc2)C(=O)N1c1cccnc1. The van der Waals surface area contributed by atoms with E-state index in [4.69, 9.17) is 0 Å². The number of carbonyl (C=O) groups excluding carboxylic acids is 2. The number of aromatic nitrogens is 1. The number of benzene rings is 1. The minimum absolute atomic E-state index is 0.174. The maximum absolute atomic E-state index is 12.4. The van der Waals surface area contributed by atoms with Crippen molar-refractivity contribution in [3.05, 3.63) is 60.4 Å². The fraction of sp³-hybridized carbons (Fsp3) is 0.133. The van der Waals surface area contributed by atoms with Crippen molar-refractivity contribution in [3.63, 3.8) is 0 Å². The molecule has 1 aliphatic heterocycles. The highest BCUT2D eigenvalue weighted by atomic mass is 16.2. The lowest BCUT2D eigenvalue weighted by molar-refractivity contribution is -0.121. The van der Waals surface area contributed by atoms with Gasteiger partial charge in [0.15, 0.2) is 0 Å². The summed E-state index contributed by atoms with van der Waals surface area (Å²) in [6.45, 7) is 0. The zero-order chi connectivity index (χ0) is 13.2. The predicted molar refractivity (Wildman–Crippen MR) is 70.5 cm³/mol. The first-order valence-electron chi connectivity index (χ1n) is 6.09. The van der Waals surface area contributed by atoms with Gasteiger partial charge in [0.05, 0.1) is 17.8 Å². The van der Waals surface area contributed by atoms with Gasteiger partial charge in [-0.15, -0.1) is 0 Å². The van der Waals surface area contributed by atoms with Crippen LogP contribution in [0, 0.1) is 0 Å². The predicted octanol–water partition coefficient (Wildman–Crippen LogP) is 2.13. The zero-order valence-corrected chi connectivity index (χ0v) is 10.2. The third-order valence-corrected chi connectivity index (χ3v) is 3.25. The summed E-state index contributed by atoms with van der Waals surface area (Å²) in [5.74, 6) is -0.732. The Balaban J connectivity index is 1.94. The Labute approximate surface area is 110 Å². The normalized spacial score (nSPS) is 18.9. The zero-order valence-electron chi connectivity index (χ0n) is 10.2. The van der Waals surface area contributed by atoms with Crippen LogP contribution < -0.4 is 4.90 Å². The van der Waals surface area contributed by atoms with Gasteiger partial charge in [-0.3, -0.25) is 14.6 Å². The Bertz CT molecular complexity index is 611. The number of amides is 2. The van der Waals surface area contributed by atoms with Gasteiger partial charge in [0.2, 0.25) is 11.8 Å². The molecule has 4 nitrogen and oxygen atoms in total. The number of hydrogen-bond acceptors (Lipinski definition) is 3. The molecule has 0 bridgehead atoms. The third-order valence-electron chi connectivity index (χ3n) is 3.25. The topological polar surface area (TPSA) is 50.3 Å². The van der Waals surface area contributed by atoms with Gasteiger partial charge < -0.3 is 0 Å². The number of rotatable bonds is 2. The fourth-order valence-corrected chi connectivity index (χ4v) is 2.33. The van der Waals surface area contributed by atoms with E-state index in [0.29, 0.717) is 5.69 Å². The second-order valence-electron chi connectivity index (χ2n) is 4.45. The second-order valence-corrected chi connectivity index (χ2v) is 4.45. The van der Waals surface area contributed by atoms with E-state index in [0.717, 1.165) is 5.56 Å². The first kappa shape index (κ1) is 11.6. The number of anilines is 1. The molecule has 1 fully saturated rings. The molecule has 2 aromatic rings. The molecule has 1 aromatic carbocycles. The van der Waals surface area contributed by atoms with Crippen molar-refractivity contribution < 1.29 is 9.59 Å². The minimum Gasteiger partial charge on any atom is -0.274 e. The van der Waals surface area contributed by atoms with Crippen LogP contribution in [-0.4, -0.2) is 16.8 Å². The summed E-state index contributed by atoms with van der Waals surface area (Å²) in [5.41, 5.74) is 1.42. The molecule has 1 atom stereocenters. The monoisotopic (exact) mass is 252 g/mol. The number of nitrogens with zero attached hydrogens (tertiary/aromatic N) is 2. The summed E-state index contributed by atoms with van der Waals surface area (Å²) < 4.78 is 0. The molecule has 1 aromatic heterocycles. The molecule has 94 valence electrons. The fourth-order valence-electron chi connectivity index (χ4n) is 2.33. The molecule has 0 unspecified atom stereocenters. The lowest BCUT2D eigenvalue weighted by Crippen LogP contribution is -2.30. The molecule has 4 heteroatoms. The molecule has 1 saturated heterocycles. The Morgan fingerprint density at radius 3 is 2.53 bits per heavy atom. The lowest BCUT2D eigenvalue weighted by Gasteiger charge is -2.14. The van der Waals surface area contributed by atoms with Gasteiger partial charge in [-0.2, -0.15) is 0 Å². The Morgan fingerprint density at radius 1 is 1.05 bits per heavy atom. The maximum Gasteiger partial charge on any atom is 0.241 e. The van der Waals surface area contributed by atoms with Crippen LogP contribution in [0.2, 0.25) is 0 Å². The first-order chi connectivity index (χ1) is 9.27. The van der Waals surface area contributed by atoms with Gasteiger partial charge in [0.1, 0.15) is 0 Å². The molecule has 0 saturated carbocycles. The van der Waals surface area contributed by atoms with Gasteiger partial charge in [-0.1, -0.05) is 30.3 Å². The Hall–Kier alpha value is -2.49. The van der Waals surface area contributed by atoms with Crippen LogP contribution >= 0.6 is 0 Å². The average molecular weight is 252 g/mol. The van der Waals surface area contributed by atoms with E-state index in [2.05, 4.69) is 4.98 Å². The van der Waals surface area contributed by atoms with Crippen molar-refractivity contribution >= 4 is 17.5 Å². The third kappa shape index (κ3) is 2.01. The van der Waals surface area contributed by atoms with Crippen molar-refractivity contribution in [3.8, 4) is 0 Å². The molecule has 0 radical (unpaired) electrons. The molecular formula is C15H12N2O2. The van der Waals surface area contributed by atoms with Gasteiger partial charge in [0.25, 0.3) is 0 Å². The van der Waals surface area contributed by atoms with Crippen LogP contribution in [0.5, 0.6) is 0 Å². The number of carbonyl (C=O) groups is 2. The van der Waals surface area contributed by atoms with Gasteiger partial charge >= 0.3 is 0 Å². The van der Waals surface area contributed by atoms with Gasteiger partial charge in [-0.25, -0.2) is 4.90 Å². The van der Waals surface area contributed by atoms with E-state index in [1.165, 1.54) is 11.1 Å². The van der Waals surface area contributed by atoms with Crippen LogP contribution in [0.15, 0.2) is 54.9 Å². The molecule has 2 heterocycles. The average Bonchev–Trinajstić information content (AvgIpc) is 2.76. The van der Waals surface area contributed by atoms with E-state index in [1.54, 1.807) is 18.3 Å². The highest BCUT2D eigenvalue weighted by Gasteiger charge is 2.40. The summed E-state index contributed by atoms with van der Waals surface area (Å²) in [5, 5.41) is 0. The standard InChI is InChI=1S/C15H12N2O2/c18-14-9-13(11-5-2-1-3-6-11)15(19)17(14)12-7-4-8-16-10-12/h1-8,10,13H,9H2/t13-/m0/s1. The van der Waals surface area contributed by atoms with Crippen LogP contribution in [0.4, 0.5) is 5.69 Å². The van der Waals surface area contributed by atoms with Gasteiger partial charge in [0, 0.05) is 12.6 Å². The van der Waals surface area contributed by atoms with E-state index < -0.39 is 0 Å². The van der Waals surface area contributed by atoms with Crippen LogP contribution in [-0.2, 0) is 9.59 Å². The lowest BCUT2D eigenvalue weighted by atomic mass is 9.98. The summed E-state index contributed by atoms with van der Waals surface area (Å²) in [6, 6.07) is 12.8. The van der Waals surface area contributed by atoms with Crippen LogP contribution in [0.25, 0.3) is 0 Å². The van der Waals surface area contributed by atoms with Crippen molar-refractivity contribution in [2.45, 2.75) is 12.3 Å². The van der Waals surface area contributed by atoms with Crippen molar-refractivity contribution in [2.75, 3.05) is 4.90 Å². The molecule has 1 aliphatic rings. The summed E-state index contributed by atoms with van der Waals surface area (Å²) in [4.78, 5) is 29.6. The largest absolute Gasteiger partial charge is 0.274 e. The smallest absolute Gasteiger partial charge is 0.241 e. The Morgan fingerprint density at radius 2 is 1.84 bits per heavy atom. The molecule has 0 aliphatic carbocycles. The molecule has 2 amide bonds. The quantitative estimate of drug-likeness (QED) is 0.769. The highest BCUT2D eigenvalue weighted by Crippen LogP contribution is 2.32. The van der Waals surface area contributed by atoms with Crippen molar-refractivity contribution in [2.24, 2.45) is 0 Å².